The third-order valence-electron chi connectivity index (χ3n) is 2.41. The molecule has 1 aromatic heterocycles. The lowest BCUT2D eigenvalue weighted by Gasteiger charge is -2.08. The number of pyridine rings is 1. The fourth-order valence-corrected chi connectivity index (χ4v) is 1.36. The topological polar surface area (TPSA) is 70.3 Å². The van der Waals surface area contributed by atoms with Gasteiger partial charge in [-0.15, -0.1) is 0 Å². The molecule has 0 atom stereocenters. The van der Waals surface area contributed by atoms with E-state index in [2.05, 4.69) is 12.1 Å². The van der Waals surface area contributed by atoms with Gasteiger partial charge in [0.15, 0.2) is 22.5 Å². The summed E-state index contributed by atoms with van der Waals surface area (Å²) in [5, 5.41) is 0. The quantitative estimate of drug-likeness (QED) is 0.482. The van der Waals surface area contributed by atoms with Gasteiger partial charge in [0.2, 0.25) is 0 Å². The molecule has 5 nitrogen and oxygen atoms in total. The molecule has 0 bridgehead atoms. The van der Waals surface area contributed by atoms with Gasteiger partial charge in [-0.1, -0.05) is 36.4 Å². The first-order chi connectivity index (χ1) is 10.7. The number of alkyl halides is 3. The number of rotatable bonds is 4. The van der Waals surface area contributed by atoms with Crippen LogP contribution in [0.25, 0.3) is 0 Å². The Morgan fingerprint density at radius 3 is 1.96 bits per heavy atom. The van der Waals surface area contributed by atoms with Crippen molar-refractivity contribution in [2.45, 2.75) is 18.8 Å². The Labute approximate surface area is 131 Å². The van der Waals surface area contributed by atoms with Crippen LogP contribution in [0.15, 0.2) is 60.9 Å². The van der Waals surface area contributed by atoms with E-state index in [0.717, 1.165) is 0 Å². The first kappa shape index (κ1) is 19.1. The monoisotopic (exact) mass is 349 g/mol. The third kappa shape index (κ3) is 7.73. The molecule has 0 aliphatic rings. The molecule has 0 saturated carbocycles. The SMILES string of the molecule is O=S(=O)([O-])C(F)(F)F.c1ccc(COC[n+]2ccccc2)cc1. The van der Waals surface area contributed by atoms with Gasteiger partial charge in [0, 0.05) is 12.1 Å². The van der Waals surface area contributed by atoms with E-state index in [-0.39, 0.29) is 0 Å². The lowest BCUT2D eigenvalue weighted by atomic mass is 10.2. The summed E-state index contributed by atoms with van der Waals surface area (Å²) in [7, 11) is -6.09. The minimum atomic E-state index is -6.09. The van der Waals surface area contributed by atoms with E-state index >= 15 is 0 Å². The molecule has 0 aliphatic heterocycles. The van der Waals surface area contributed by atoms with Crippen LogP contribution >= 0.6 is 0 Å². The second-order valence-corrected chi connectivity index (χ2v) is 5.62. The van der Waals surface area contributed by atoms with E-state index in [0.29, 0.717) is 13.3 Å². The molecule has 9 heteroatoms. The summed E-state index contributed by atoms with van der Waals surface area (Å²) in [6.45, 7) is 1.25. The van der Waals surface area contributed by atoms with Crippen LogP contribution in [0.3, 0.4) is 0 Å². The highest BCUT2D eigenvalue weighted by atomic mass is 32.2. The number of aromatic nitrogens is 1. The number of hydrogen-bond donors (Lipinski definition) is 0. The molecule has 0 saturated heterocycles. The highest BCUT2D eigenvalue weighted by Gasteiger charge is 2.36. The average molecular weight is 349 g/mol. The van der Waals surface area contributed by atoms with Gasteiger partial charge < -0.3 is 9.29 Å². The van der Waals surface area contributed by atoms with Gasteiger partial charge in [-0.3, -0.25) is 0 Å². The molecule has 0 aliphatic carbocycles. The molecule has 126 valence electrons. The largest absolute Gasteiger partial charge is 0.741 e. The smallest absolute Gasteiger partial charge is 0.485 e. The van der Waals surface area contributed by atoms with Crippen molar-refractivity contribution >= 4 is 10.1 Å². The molecule has 1 aromatic carbocycles. The molecule has 1 heterocycles. The molecule has 0 spiro atoms. The number of nitrogens with zero attached hydrogens (tertiary/aromatic N) is 1. The van der Waals surface area contributed by atoms with Gasteiger partial charge in [0.05, 0.1) is 6.61 Å². The summed E-state index contributed by atoms with van der Waals surface area (Å²) < 4.78 is 66.5. The standard InChI is InChI=1S/C13H14NO.CHF3O3S/c1-3-7-13(8-4-1)11-15-12-14-9-5-2-6-10-14;2-1(3,4)8(5,6)7/h1-10H,11-12H2;(H,5,6,7)/q+1;/p-1. The lowest BCUT2D eigenvalue weighted by Crippen LogP contribution is -2.33. The van der Waals surface area contributed by atoms with Gasteiger partial charge in [0.1, 0.15) is 0 Å². The van der Waals surface area contributed by atoms with E-state index in [1.807, 2.05) is 53.4 Å². The van der Waals surface area contributed by atoms with Crippen molar-refractivity contribution in [3.8, 4) is 0 Å². The van der Waals surface area contributed by atoms with Gasteiger partial charge in [-0.25, -0.2) is 8.42 Å². The van der Waals surface area contributed by atoms with E-state index in [1.54, 1.807) is 0 Å². The molecule has 2 aromatic rings. The van der Waals surface area contributed by atoms with Crippen molar-refractivity contribution < 1.29 is 35.4 Å². The average Bonchev–Trinajstić information content (AvgIpc) is 2.48. The maximum Gasteiger partial charge on any atom is 0.485 e. The fourth-order valence-electron chi connectivity index (χ4n) is 1.36. The Morgan fingerprint density at radius 1 is 1.00 bits per heavy atom. The first-order valence-corrected chi connectivity index (χ1v) is 7.69. The van der Waals surface area contributed by atoms with Crippen molar-refractivity contribution in [1.29, 1.82) is 0 Å². The Kier molecular flexibility index (Phi) is 7.14. The Hall–Kier alpha value is -1.97. The van der Waals surface area contributed by atoms with Crippen LogP contribution in [0.1, 0.15) is 5.56 Å². The van der Waals surface area contributed by atoms with Crippen LogP contribution in [0.4, 0.5) is 13.2 Å². The van der Waals surface area contributed by atoms with Gasteiger partial charge >= 0.3 is 5.51 Å². The number of ether oxygens (including phenoxy) is 1. The van der Waals surface area contributed by atoms with Crippen molar-refractivity contribution in [3.63, 3.8) is 0 Å². The van der Waals surface area contributed by atoms with Crippen LogP contribution in [0.5, 0.6) is 0 Å². The molecule has 2 rings (SSSR count). The zero-order valence-corrected chi connectivity index (χ0v) is 12.6. The zero-order valence-electron chi connectivity index (χ0n) is 11.8. The number of halogens is 3. The van der Waals surface area contributed by atoms with Gasteiger partial charge in [0.25, 0.3) is 6.73 Å². The predicted octanol–water partition coefficient (Wildman–Crippen LogP) is 2.20. The molecule has 0 fully saturated rings. The zero-order chi connectivity index (χ0) is 17.3. The normalized spacial score (nSPS) is 11.5. The third-order valence-corrected chi connectivity index (χ3v) is 2.98. The number of hydrogen-bond acceptors (Lipinski definition) is 4. The maximum absolute atomic E-state index is 10.7. The van der Waals surface area contributed by atoms with E-state index in [1.165, 1.54) is 5.56 Å². The summed E-state index contributed by atoms with van der Waals surface area (Å²) in [5.41, 5.74) is -4.44. The van der Waals surface area contributed by atoms with Crippen LogP contribution < -0.4 is 4.57 Å². The summed E-state index contributed by atoms with van der Waals surface area (Å²) in [6, 6.07) is 16.2. The highest BCUT2D eigenvalue weighted by Crippen LogP contribution is 2.20. The van der Waals surface area contributed by atoms with Crippen LogP contribution in [-0.4, -0.2) is 18.5 Å². The minimum absolute atomic E-state index is 0.593. The molecule has 0 radical (unpaired) electrons. The Balaban J connectivity index is 0.000000284. The van der Waals surface area contributed by atoms with Crippen molar-refractivity contribution in [2.24, 2.45) is 0 Å². The minimum Gasteiger partial charge on any atom is -0.741 e. The van der Waals surface area contributed by atoms with E-state index in [9.17, 15) is 13.2 Å². The lowest BCUT2D eigenvalue weighted by molar-refractivity contribution is -0.733. The molecule has 0 N–H and O–H groups in total. The predicted molar refractivity (Wildman–Crippen MR) is 73.6 cm³/mol. The van der Waals surface area contributed by atoms with Gasteiger partial charge in [-0.05, 0) is 5.56 Å². The maximum atomic E-state index is 10.7. The molecular weight excluding hydrogens is 335 g/mol. The molecular formula is C14H14F3NO4S. The van der Waals surface area contributed by atoms with Crippen molar-refractivity contribution in [2.75, 3.05) is 0 Å². The summed E-state index contributed by atoms with van der Waals surface area (Å²) in [6.07, 6.45) is 3.98. The van der Waals surface area contributed by atoms with Crippen molar-refractivity contribution in [3.05, 3.63) is 66.5 Å². The van der Waals surface area contributed by atoms with Crippen LogP contribution in [0.2, 0.25) is 0 Å². The Morgan fingerprint density at radius 2 is 1.48 bits per heavy atom. The molecule has 23 heavy (non-hydrogen) atoms. The van der Waals surface area contributed by atoms with Gasteiger partial charge in [-0.2, -0.15) is 17.7 Å². The van der Waals surface area contributed by atoms with Crippen molar-refractivity contribution in [1.82, 2.24) is 0 Å². The van der Waals surface area contributed by atoms with Crippen LogP contribution in [0, 0.1) is 0 Å². The number of benzene rings is 1. The second-order valence-electron chi connectivity index (χ2n) is 4.25. The second kappa shape index (κ2) is 8.61. The summed E-state index contributed by atoms with van der Waals surface area (Å²) >= 11 is 0. The first-order valence-electron chi connectivity index (χ1n) is 6.28. The fraction of sp³-hybridized carbons (Fsp3) is 0.214. The van der Waals surface area contributed by atoms with Crippen LogP contribution in [-0.2, 0) is 28.2 Å². The molecule has 0 unspecified atom stereocenters. The summed E-state index contributed by atoms with van der Waals surface area (Å²) in [4.78, 5) is 0. The summed E-state index contributed by atoms with van der Waals surface area (Å²) in [5.74, 6) is 0. The Bertz CT molecular complexity index is 637. The van der Waals surface area contributed by atoms with E-state index in [4.69, 9.17) is 17.7 Å². The molecule has 0 amide bonds. The van der Waals surface area contributed by atoms with E-state index < -0.39 is 15.6 Å². The highest BCUT2D eigenvalue weighted by molar-refractivity contribution is 7.86.